The van der Waals surface area contributed by atoms with Crippen molar-refractivity contribution in [2.24, 2.45) is 0 Å². The van der Waals surface area contributed by atoms with E-state index in [4.69, 9.17) is 14.3 Å². The van der Waals surface area contributed by atoms with Gasteiger partial charge in [0.25, 0.3) is 5.91 Å². The topological polar surface area (TPSA) is 88.8 Å². The van der Waals surface area contributed by atoms with Gasteiger partial charge in [-0.25, -0.2) is 4.79 Å². The van der Waals surface area contributed by atoms with Gasteiger partial charge < -0.3 is 19.6 Å². The maximum atomic E-state index is 12.4. The average Bonchev–Trinajstić information content (AvgIpc) is 2.71. The number of carboxylic acid groups (broad SMARTS) is 1. The summed E-state index contributed by atoms with van der Waals surface area (Å²) in [5.74, 6) is 0.0223. The van der Waals surface area contributed by atoms with Gasteiger partial charge >= 0.3 is 5.97 Å². The molecule has 2 rings (SSSR count). The zero-order valence-electron chi connectivity index (χ0n) is 12.8. The molecule has 0 saturated carbocycles. The first-order valence-corrected chi connectivity index (χ1v) is 6.64. The minimum Gasteiger partial charge on any atom is -0.496 e. The summed E-state index contributed by atoms with van der Waals surface area (Å²) >= 11 is 0. The highest BCUT2D eigenvalue weighted by Gasteiger charge is 2.19. The Morgan fingerprint density at radius 3 is 2.36 bits per heavy atom. The fourth-order valence-corrected chi connectivity index (χ4v) is 2.27. The number of aromatic carboxylic acids is 1. The Bertz CT molecular complexity index is 745. The van der Waals surface area contributed by atoms with Crippen molar-refractivity contribution in [2.75, 3.05) is 12.4 Å². The third-order valence-electron chi connectivity index (χ3n) is 3.48. The molecule has 0 aliphatic heterocycles. The van der Waals surface area contributed by atoms with Crippen molar-refractivity contribution in [1.82, 2.24) is 0 Å². The van der Waals surface area contributed by atoms with Gasteiger partial charge in [0.15, 0.2) is 0 Å². The van der Waals surface area contributed by atoms with E-state index in [0.717, 1.165) is 5.56 Å². The molecule has 2 aromatic rings. The zero-order valence-corrected chi connectivity index (χ0v) is 12.8. The van der Waals surface area contributed by atoms with Crippen LogP contribution in [-0.2, 0) is 0 Å². The number of rotatable bonds is 4. The number of anilines is 1. The number of nitrogens with one attached hydrogen (secondary N) is 1. The molecule has 0 unspecified atom stereocenters. The van der Waals surface area contributed by atoms with Crippen LogP contribution in [0.3, 0.4) is 0 Å². The van der Waals surface area contributed by atoms with Crippen molar-refractivity contribution >= 4 is 17.6 Å². The van der Waals surface area contributed by atoms with E-state index in [0.29, 0.717) is 22.8 Å². The Balaban J connectivity index is 2.31. The smallest absolute Gasteiger partial charge is 0.339 e. The molecule has 0 saturated heterocycles. The van der Waals surface area contributed by atoms with Crippen LogP contribution in [0.25, 0.3) is 0 Å². The summed E-state index contributed by atoms with van der Waals surface area (Å²) in [6.45, 7) is 5.33. The minimum atomic E-state index is -1.09. The summed E-state index contributed by atoms with van der Waals surface area (Å²) in [7, 11) is 1.38. The highest BCUT2D eigenvalue weighted by molar-refractivity contribution is 6.06. The van der Waals surface area contributed by atoms with Crippen LogP contribution < -0.4 is 10.1 Å². The summed E-state index contributed by atoms with van der Waals surface area (Å²) in [4.78, 5) is 23.4. The fraction of sp³-hybridized carbons (Fsp3) is 0.250. The van der Waals surface area contributed by atoms with Gasteiger partial charge in [-0.05, 0) is 32.9 Å². The number of aryl methyl sites for hydroxylation is 2. The number of amides is 1. The number of hydrogen-bond acceptors (Lipinski definition) is 4. The SMILES string of the molecule is COc1cc(NC(=O)c2c(C)oc(C)c2C)ccc1C(=O)O. The van der Waals surface area contributed by atoms with Crippen molar-refractivity contribution in [3.8, 4) is 5.75 Å². The predicted octanol–water partition coefficient (Wildman–Crippen LogP) is 3.16. The molecule has 0 atom stereocenters. The lowest BCUT2D eigenvalue weighted by atomic mass is 10.1. The quantitative estimate of drug-likeness (QED) is 0.905. The van der Waals surface area contributed by atoms with E-state index >= 15 is 0 Å². The second-order valence-electron chi connectivity index (χ2n) is 4.89. The third kappa shape index (κ3) is 2.81. The van der Waals surface area contributed by atoms with Gasteiger partial charge in [-0.2, -0.15) is 0 Å². The second-order valence-corrected chi connectivity index (χ2v) is 4.89. The Hall–Kier alpha value is -2.76. The Morgan fingerprint density at radius 2 is 1.86 bits per heavy atom. The number of carbonyl (C=O) groups excluding carboxylic acids is 1. The molecule has 6 nitrogen and oxygen atoms in total. The van der Waals surface area contributed by atoms with E-state index in [1.165, 1.54) is 25.3 Å². The lowest BCUT2D eigenvalue weighted by molar-refractivity contribution is 0.0693. The summed E-state index contributed by atoms with van der Waals surface area (Å²) in [5, 5.41) is 11.8. The number of hydrogen-bond donors (Lipinski definition) is 2. The number of carbonyl (C=O) groups is 2. The van der Waals surface area contributed by atoms with Crippen molar-refractivity contribution in [1.29, 1.82) is 0 Å². The van der Waals surface area contributed by atoms with E-state index in [-0.39, 0.29) is 17.2 Å². The highest BCUT2D eigenvalue weighted by atomic mass is 16.5. The van der Waals surface area contributed by atoms with Gasteiger partial charge in [0.05, 0.1) is 12.7 Å². The molecule has 0 spiro atoms. The number of benzene rings is 1. The molecule has 0 bridgehead atoms. The highest BCUT2D eigenvalue weighted by Crippen LogP contribution is 2.25. The molecular weight excluding hydrogens is 286 g/mol. The largest absolute Gasteiger partial charge is 0.496 e. The number of carboxylic acids is 1. The Kier molecular flexibility index (Phi) is 4.21. The third-order valence-corrected chi connectivity index (χ3v) is 3.48. The van der Waals surface area contributed by atoms with E-state index in [1.807, 2.05) is 6.92 Å². The van der Waals surface area contributed by atoms with E-state index in [9.17, 15) is 9.59 Å². The number of furan rings is 1. The predicted molar refractivity (Wildman–Crippen MR) is 80.8 cm³/mol. The van der Waals surface area contributed by atoms with Crippen LogP contribution in [-0.4, -0.2) is 24.1 Å². The Labute approximate surface area is 127 Å². The Morgan fingerprint density at radius 1 is 1.18 bits per heavy atom. The van der Waals surface area contributed by atoms with Crippen molar-refractivity contribution < 1.29 is 23.8 Å². The summed E-state index contributed by atoms with van der Waals surface area (Å²) in [6.07, 6.45) is 0. The van der Waals surface area contributed by atoms with Crippen molar-refractivity contribution in [2.45, 2.75) is 20.8 Å². The van der Waals surface area contributed by atoms with Gasteiger partial charge in [0.1, 0.15) is 22.8 Å². The fourth-order valence-electron chi connectivity index (χ4n) is 2.27. The van der Waals surface area contributed by atoms with Crippen LogP contribution in [0.5, 0.6) is 5.75 Å². The molecule has 1 heterocycles. The molecule has 1 amide bonds. The molecule has 0 fully saturated rings. The van der Waals surface area contributed by atoms with Crippen LogP contribution in [0.2, 0.25) is 0 Å². The van der Waals surface area contributed by atoms with Crippen LogP contribution in [0.4, 0.5) is 5.69 Å². The van der Waals surface area contributed by atoms with E-state index in [1.54, 1.807) is 13.8 Å². The van der Waals surface area contributed by atoms with Crippen molar-refractivity contribution in [3.63, 3.8) is 0 Å². The standard InChI is InChI=1S/C16H17NO5/c1-8-9(2)22-10(3)14(8)15(18)17-11-5-6-12(16(19)20)13(7-11)21-4/h5-7H,1-4H3,(H,17,18)(H,19,20). The number of methoxy groups -OCH3 is 1. The molecule has 0 aliphatic rings. The van der Waals surface area contributed by atoms with E-state index in [2.05, 4.69) is 5.32 Å². The van der Waals surface area contributed by atoms with E-state index < -0.39 is 5.97 Å². The molecule has 1 aromatic carbocycles. The van der Waals surface area contributed by atoms with Gasteiger partial charge in [-0.15, -0.1) is 0 Å². The van der Waals surface area contributed by atoms with Gasteiger partial charge in [-0.1, -0.05) is 0 Å². The summed E-state index contributed by atoms with van der Waals surface area (Å²) in [6, 6.07) is 4.37. The van der Waals surface area contributed by atoms with Gasteiger partial charge in [0.2, 0.25) is 0 Å². The molecule has 2 N–H and O–H groups in total. The monoisotopic (exact) mass is 303 g/mol. The first kappa shape index (κ1) is 15.6. The molecule has 22 heavy (non-hydrogen) atoms. The van der Waals surface area contributed by atoms with Crippen LogP contribution in [0.1, 0.15) is 37.8 Å². The van der Waals surface area contributed by atoms with Gasteiger partial charge in [-0.3, -0.25) is 4.79 Å². The van der Waals surface area contributed by atoms with Crippen molar-refractivity contribution in [3.05, 3.63) is 46.4 Å². The van der Waals surface area contributed by atoms with Crippen LogP contribution >= 0.6 is 0 Å². The lowest BCUT2D eigenvalue weighted by Crippen LogP contribution is -2.14. The summed E-state index contributed by atoms with van der Waals surface area (Å²) < 4.78 is 10.5. The molecule has 0 aliphatic carbocycles. The first-order valence-electron chi connectivity index (χ1n) is 6.64. The molecule has 6 heteroatoms. The number of ether oxygens (including phenoxy) is 1. The van der Waals surface area contributed by atoms with Gasteiger partial charge in [0, 0.05) is 17.3 Å². The molecule has 116 valence electrons. The molecule has 1 aromatic heterocycles. The first-order chi connectivity index (χ1) is 10.3. The zero-order chi connectivity index (χ0) is 16.4. The molecule has 0 radical (unpaired) electrons. The van der Waals surface area contributed by atoms with Crippen LogP contribution in [0, 0.1) is 20.8 Å². The van der Waals surface area contributed by atoms with Crippen LogP contribution in [0.15, 0.2) is 22.6 Å². The maximum Gasteiger partial charge on any atom is 0.339 e. The summed E-state index contributed by atoms with van der Waals surface area (Å²) in [5.41, 5.74) is 1.75. The maximum absolute atomic E-state index is 12.4. The lowest BCUT2D eigenvalue weighted by Gasteiger charge is -2.09. The second kappa shape index (κ2) is 5.93. The normalized spacial score (nSPS) is 10.4. The average molecular weight is 303 g/mol. The molecular formula is C16H17NO5. The minimum absolute atomic E-state index is 0.0343.